The quantitative estimate of drug-likeness (QED) is 0.622. The first-order chi connectivity index (χ1) is 8.10. The molecule has 1 rings (SSSR count). The molecule has 0 aromatic rings. The van der Waals surface area contributed by atoms with Gasteiger partial charge in [-0.15, -0.1) is 0 Å². The Morgan fingerprint density at radius 3 is 2.88 bits per heavy atom. The van der Waals surface area contributed by atoms with Gasteiger partial charge in [-0.2, -0.15) is 4.31 Å². The highest BCUT2D eigenvalue weighted by Gasteiger charge is 2.28. The van der Waals surface area contributed by atoms with Crippen molar-refractivity contribution in [1.29, 1.82) is 0 Å². The first kappa shape index (κ1) is 14.8. The molecule has 1 saturated heterocycles. The lowest BCUT2D eigenvalue weighted by molar-refractivity contribution is -0.00296. The van der Waals surface area contributed by atoms with E-state index in [1.54, 1.807) is 0 Å². The second kappa shape index (κ2) is 7.27. The van der Waals surface area contributed by atoms with Gasteiger partial charge in [0.25, 0.3) is 0 Å². The summed E-state index contributed by atoms with van der Waals surface area (Å²) < 4.78 is 36.0. The van der Waals surface area contributed by atoms with Crippen molar-refractivity contribution < 1.29 is 17.9 Å². The summed E-state index contributed by atoms with van der Waals surface area (Å²) >= 11 is 0. The van der Waals surface area contributed by atoms with Crippen molar-refractivity contribution in [2.24, 2.45) is 5.73 Å². The molecule has 0 bridgehead atoms. The number of nitrogens with zero attached hydrogens (tertiary/aromatic N) is 1. The molecule has 17 heavy (non-hydrogen) atoms. The van der Waals surface area contributed by atoms with Gasteiger partial charge in [0.15, 0.2) is 0 Å². The van der Waals surface area contributed by atoms with E-state index in [0.717, 1.165) is 6.42 Å². The molecule has 0 spiro atoms. The van der Waals surface area contributed by atoms with Crippen molar-refractivity contribution in [2.45, 2.75) is 19.4 Å². The molecule has 1 fully saturated rings. The van der Waals surface area contributed by atoms with Gasteiger partial charge >= 0.3 is 0 Å². The Balaban J connectivity index is 2.40. The minimum atomic E-state index is -3.22. The number of hydrogen-bond donors (Lipinski definition) is 1. The highest BCUT2D eigenvalue weighted by atomic mass is 32.2. The maximum atomic E-state index is 12.0. The maximum absolute atomic E-state index is 12.0. The number of ether oxygens (including phenoxy) is 2. The summed E-state index contributed by atoms with van der Waals surface area (Å²) in [5.41, 5.74) is 5.26. The van der Waals surface area contributed by atoms with Gasteiger partial charge in [-0.25, -0.2) is 8.42 Å². The van der Waals surface area contributed by atoms with Crippen LogP contribution in [-0.2, 0) is 19.5 Å². The molecule has 0 aliphatic carbocycles. The predicted octanol–water partition coefficient (Wildman–Crippen LogP) is -0.598. The number of nitrogens with two attached hydrogens (primary N) is 1. The van der Waals surface area contributed by atoms with Gasteiger partial charge in [0, 0.05) is 19.6 Å². The van der Waals surface area contributed by atoms with Crippen molar-refractivity contribution in [3.63, 3.8) is 0 Å². The van der Waals surface area contributed by atoms with Gasteiger partial charge in [-0.1, -0.05) is 6.92 Å². The Bertz CT molecular complexity index is 307. The van der Waals surface area contributed by atoms with Gasteiger partial charge in [-0.05, 0) is 6.42 Å². The van der Waals surface area contributed by atoms with Crippen LogP contribution in [0, 0.1) is 0 Å². The Labute approximate surface area is 103 Å². The second-order valence-corrected chi connectivity index (χ2v) is 6.06. The fraction of sp³-hybridized carbons (Fsp3) is 1.00. The number of rotatable bonds is 7. The summed E-state index contributed by atoms with van der Waals surface area (Å²) in [5, 5.41) is 0. The van der Waals surface area contributed by atoms with Gasteiger partial charge in [-0.3, -0.25) is 0 Å². The zero-order valence-electron chi connectivity index (χ0n) is 10.3. The molecule has 0 aromatic heterocycles. The summed E-state index contributed by atoms with van der Waals surface area (Å²) in [6, 6.07) is 0. The SMILES string of the molecule is CCC1CN(S(=O)(=O)CCOCCN)CCO1. The van der Waals surface area contributed by atoms with Gasteiger partial charge in [0.05, 0.1) is 31.7 Å². The molecule has 7 heteroatoms. The van der Waals surface area contributed by atoms with Crippen LogP contribution >= 0.6 is 0 Å². The third kappa shape index (κ3) is 4.89. The van der Waals surface area contributed by atoms with Gasteiger partial charge in [0.2, 0.25) is 10.0 Å². The Hall–Kier alpha value is -0.210. The zero-order valence-corrected chi connectivity index (χ0v) is 11.1. The maximum Gasteiger partial charge on any atom is 0.216 e. The van der Waals surface area contributed by atoms with Crippen LogP contribution in [0.15, 0.2) is 0 Å². The number of hydrogen-bond acceptors (Lipinski definition) is 5. The third-order valence-electron chi connectivity index (χ3n) is 2.70. The molecule has 6 nitrogen and oxygen atoms in total. The van der Waals surface area contributed by atoms with Crippen molar-refractivity contribution >= 4 is 10.0 Å². The van der Waals surface area contributed by atoms with Crippen LogP contribution in [0.2, 0.25) is 0 Å². The molecule has 0 amide bonds. The highest BCUT2D eigenvalue weighted by Crippen LogP contribution is 2.12. The summed E-state index contributed by atoms with van der Waals surface area (Å²) in [4.78, 5) is 0. The normalized spacial score (nSPS) is 22.8. The molecule has 0 radical (unpaired) electrons. The van der Waals surface area contributed by atoms with E-state index < -0.39 is 10.0 Å². The van der Waals surface area contributed by atoms with E-state index in [1.807, 2.05) is 6.92 Å². The predicted molar refractivity (Wildman–Crippen MR) is 65.3 cm³/mol. The van der Waals surface area contributed by atoms with E-state index in [-0.39, 0.29) is 18.5 Å². The zero-order chi connectivity index (χ0) is 12.7. The molecule has 1 unspecified atom stereocenters. The molecule has 1 atom stereocenters. The van der Waals surface area contributed by atoms with Crippen molar-refractivity contribution in [1.82, 2.24) is 4.31 Å². The lowest BCUT2D eigenvalue weighted by Crippen LogP contribution is -2.46. The molecule has 1 heterocycles. The molecule has 0 aromatic carbocycles. The van der Waals surface area contributed by atoms with Crippen LogP contribution in [0.3, 0.4) is 0 Å². The first-order valence-electron chi connectivity index (χ1n) is 5.97. The molecular weight excluding hydrogens is 244 g/mol. The van der Waals surface area contributed by atoms with E-state index in [4.69, 9.17) is 15.2 Å². The number of sulfonamides is 1. The van der Waals surface area contributed by atoms with Crippen molar-refractivity contribution in [2.75, 3.05) is 45.2 Å². The van der Waals surface area contributed by atoms with Crippen LogP contribution in [0.4, 0.5) is 0 Å². The third-order valence-corrected chi connectivity index (χ3v) is 4.50. The molecule has 1 aliphatic heterocycles. The highest BCUT2D eigenvalue weighted by molar-refractivity contribution is 7.89. The van der Waals surface area contributed by atoms with Crippen molar-refractivity contribution in [3.05, 3.63) is 0 Å². The topological polar surface area (TPSA) is 81.9 Å². The Kier molecular flexibility index (Phi) is 6.35. The number of morpholine rings is 1. The minimum Gasteiger partial charge on any atom is -0.379 e. The Morgan fingerprint density at radius 2 is 2.24 bits per heavy atom. The van der Waals surface area contributed by atoms with Gasteiger partial charge < -0.3 is 15.2 Å². The second-order valence-electron chi connectivity index (χ2n) is 3.98. The largest absolute Gasteiger partial charge is 0.379 e. The van der Waals surface area contributed by atoms with Crippen LogP contribution in [-0.4, -0.2) is 64.0 Å². The van der Waals surface area contributed by atoms with Crippen LogP contribution < -0.4 is 5.73 Å². The summed E-state index contributed by atoms with van der Waals surface area (Å²) in [6.45, 7) is 4.37. The summed E-state index contributed by atoms with van der Waals surface area (Å²) in [5.74, 6) is 0.0173. The van der Waals surface area contributed by atoms with Crippen molar-refractivity contribution in [3.8, 4) is 0 Å². The molecule has 2 N–H and O–H groups in total. The average Bonchev–Trinajstić information content (AvgIpc) is 2.35. The van der Waals surface area contributed by atoms with E-state index in [1.165, 1.54) is 4.31 Å². The fourth-order valence-corrected chi connectivity index (χ4v) is 3.00. The summed E-state index contributed by atoms with van der Waals surface area (Å²) in [6.07, 6.45) is 0.846. The summed E-state index contributed by atoms with van der Waals surface area (Å²) in [7, 11) is -3.22. The average molecular weight is 266 g/mol. The molecule has 0 saturated carbocycles. The van der Waals surface area contributed by atoms with Crippen LogP contribution in [0.25, 0.3) is 0 Å². The molecule has 102 valence electrons. The standard InChI is InChI=1S/C10H22N2O4S/c1-2-10-9-12(4-6-16-10)17(13,14)8-7-15-5-3-11/h10H,2-9,11H2,1H3. The van der Waals surface area contributed by atoms with Gasteiger partial charge in [0.1, 0.15) is 0 Å². The molecular formula is C10H22N2O4S. The monoisotopic (exact) mass is 266 g/mol. The Morgan fingerprint density at radius 1 is 1.47 bits per heavy atom. The van der Waals surface area contributed by atoms with E-state index >= 15 is 0 Å². The van der Waals surface area contributed by atoms with E-state index in [9.17, 15) is 8.42 Å². The fourth-order valence-electron chi connectivity index (χ4n) is 1.67. The van der Waals surface area contributed by atoms with Crippen LogP contribution in [0.5, 0.6) is 0 Å². The lowest BCUT2D eigenvalue weighted by Gasteiger charge is -2.31. The molecule has 1 aliphatic rings. The smallest absolute Gasteiger partial charge is 0.216 e. The lowest BCUT2D eigenvalue weighted by atomic mass is 10.2. The first-order valence-corrected chi connectivity index (χ1v) is 7.58. The van der Waals surface area contributed by atoms with E-state index in [2.05, 4.69) is 0 Å². The van der Waals surface area contributed by atoms with E-state index in [0.29, 0.717) is 32.8 Å². The van der Waals surface area contributed by atoms with Crippen LogP contribution in [0.1, 0.15) is 13.3 Å². The minimum absolute atomic E-state index is 0.0171.